The number of amides is 1. The quantitative estimate of drug-likeness (QED) is 0.437. The molecule has 4 N–H and O–H groups in total. The first-order chi connectivity index (χ1) is 11.2. The first kappa shape index (κ1) is 17.5. The fourth-order valence-electron chi connectivity index (χ4n) is 4.11. The van der Waals surface area contributed by atoms with Gasteiger partial charge in [-0.2, -0.15) is 13.5 Å². The first-order valence-electron chi connectivity index (χ1n) is 7.48. The van der Waals surface area contributed by atoms with Crippen LogP contribution in [0.2, 0.25) is 0 Å². The highest BCUT2D eigenvalue weighted by Gasteiger charge is 2.67. The summed E-state index contributed by atoms with van der Waals surface area (Å²) in [7, 11) is -4.98. The van der Waals surface area contributed by atoms with Gasteiger partial charge in [0.2, 0.25) is 0 Å². The summed E-state index contributed by atoms with van der Waals surface area (Å²) in [5.41, 5.74) is -1.64. The van der Waals surface area contributed by atoms with Gasteiger partial charge in [0.25, 0.3) is 5.91 Å². The molecule has 0 aromatic rings. The summed E-state index contributed by atoms with van der Waals surface area (Å²) in [6.07, 6.45) is -2.35. The van der Waals surface area contributed by atoms with Crippen LogP contribution in [-0.4, -0.2) is 67.0 Å². The maximum absolute atomic E-state index is 14.5. The third-order valence-corrected chi connectivity index (χ3v) is 5.47. The van der Waals surface area contributed by atoms with E-state index in [1.165, 1.54) is 0 Å². The van der Waals surface area contributed by atoms with Gasteiger partial charge in [0.05, 0.1) is 11.3 Å². The van der Waals surface area contributed by atoms with Gasteiger partial charge in [-0.15, -0.1) is 4.28 Å². The Bertz CT molecular complexity index is 659. The number of carboxylic acid groups (broad SMARTS) is 1. The number of carbonyl (C=O) groups is 2. The van der Waals surface area contributed by atoms with Gasteiger partial charge < -0.3 is 10.4 Å². The van der Waals surface area contributed by atoms with E-state index in [4.69, 9.17) is 4.55 Å². The standard InChI is InChI=1S/C12H18FN3O7S/c13-8-1-2-14-4-6(8)12-3-9(15-5-7(12)10(17)18)16(11(12)19)23-24(20,21)22/h6-9,14-15H,1-5H2,(H,17,18)(H,20,21,22)/t6?,7-,8?,9+,12?/m0/s1. The number of halogens is 1. The van der Waals surface area contributed by atoms with Crippen LogP contribution in [0.15, 0.2) is 0 Å². The zero-order valence-corrected chi connectivity index (χ0v) is 13.3. The SMILES string of the molecule is O=C(O)[C@@H]1CN[C@H]2CC1(C1CNCCC1F)C(=O)N2OS(=O)(=O)O. The molecule has 10 nitrogen and oxygen atoms in total. The van der Waals surface area contributed by atoms with Gasteiger partial charge in [0.15, 0.2) is 0 Å². The number of hydroxylamine groups is 2. The summed E-state index contributed by atoms with van der Waals surface area (Å²) < 4.78 is 49.7. The van der Waals surface area contributed by atoms with Crippen molar-refractivity contribution in [2.75, 3.05) is 19.6 Å². The summed E-state index contributed by atoms with van der Waals surface area (Å²) in [5, 5.41) is 15.6. The van der Waals surface area contributed by atoms with Crippen LogP contribution in [0.5, 0.6) is 0 Å². The van der Waals surface area contributed by atoms with E-state index in [9.17, 15) is 27.5 Å². The molecule has 0 aromatic heterocycles. The Labute approximate surface area is 137 Å². The summed E-state index contributed by atoms with van der Waals surface area (Å²) in [6.45, 7) is 0.371. The van der Waals surface area contributed by atoms with E-state index in [-0.39, 0.29) is 25.9 Å². The van der Waals surface area contributed by atoms with E-state index in [2.05, 4.69) is 14.9 Å². The number of nitrogens with one attached hydrogen (secondary N) is 2. The molecule has 0 radical (unpaired) electrons. The number of carboxylic acids is 1. The Morgan fingerprint density at radius 3 is 2.71 bits per heavy atom. The second kappa shape index (κ2) is 5.88. The molecule has 0 spiro atoms. The Morgan fingerprint density at radius 1 is 1.42 bits per heavy atom. The van der Waals surface area contributed by atoms with Gasteiger partial charge in [-0.25, -0.2) is 4.39 Å². The lowest BCUT2D eigenvalue weighted by Crippen LogP contribution is -2.59. The van der Waals surface area contributed by atoms with E-state index in [1.54, 1.807) is 0 Å². The molecule has 3 aliphatic rings. The highest BCUT2D eigenvalue weighted by Crippen LogP contribution is 2.52. The van der Waals surface area contributed by atoms with Crippen molar-refractivity contribution in [1.29, 1.82) is 0 Å². The zero-order chi connectivity index (χ0) is 17.7. The van der Waals surface area contributed by atoms with E-state index in [0.29, 0.717) is 11.6 Å². The van der Waals surface area contributed by atoms with E-state index < -0.39 is 51.9 Å². The second-order valence-electron chi connectivity index (χ2n) is 6.31. The molecule has 0 aliphatic carbocycles. The van der Waals surface area contributed by atoms with Crippen molar-refractivity contribution in [3.63, 3.8) is 0 Å². The summed E-state index contributed by atoms with van der Waals surface area (Å²) >= 11 is 0. The van der Waals surface area contributed by atoms with Crippen LogP contribution in [0.25, 0.3) is 0 Å². The number of aliphatic carboxylic acids is 1. The maximum atomic E-state index is 14.5. The van der Waals surface area contributed by atoms with Crippen LogP contribution in [0.3, 0.4) is 0 Å². The number of hydrogen-bond acceptors (Lipinski definition) is 7. The molecule has 3 rings (SSSR count). The molecule has 3 saturated heterocycles. The van der Waals surface area contributed by atoms with Crippen molar-refractivity contribution < 1.29 is 36.3 Å². The van der Waals surface area contributed by atoms with Crippen molar-refractivity contribution in [3.05, 3.63) is 0 Å². The average Bonchev–Trinajstić information content (AvgIpc) is 2.68. The molecule has 3 fully saturated rings. The van der Waals surface area contributed by atoms with Crippen LogP contribution in [0, 0.1) is 17.3 Å². The van der Waals surface area contributed by atoms with Crippen LogP contribution in [-0.2, 0) is 24.3 Å². The molecule has 136 valence electrons. The number of piperidine rings is 2. The fourth-order valence-corrected chi connectivity index (χ4v) is 4.49. The molecular formula is C12H18FN3O7S. The smallest absolute Gasteiger partial charge is 0.418 e. The van der Waals surface area contributed by atoms with E-state index in [1.807, 2.05) is 0 Å². The molecule has 0 aromatic carbocycles. The fraction of sp³-hybridized carbons (Fsp3) is 0.833. The van der Waals surface area contributed by atoms with Crippen molar-refractivity contribution >= 4 is 22.3 Å². The maximum Gasteiger partial charge on any atom is 0.418 e. The topological polar surface area (TPSA) is 145 Å². The van der Waals surface area contributed by atoms with Crippen LogP contribution >= 0.6 is 0 Å². The third kappa shape index (κ3) is 2.67. The van der Waals surface area contributed by atoms with Crippen LogP contribution in [0.4, 0.5) is 4.39 Å². The Kier molecular flexibility index (Phi) is 4.28. The number of alkyl halides is 1. The highest BCUT2D eigenvalue weighted by atomic mass is 32.3. The predicted octanol–water partition coefficient (Wildman–Crippen LogP) is -1.48. The van der Waals surface area contributed by atoms with Gasteiger partial charge in [0.1, 0.15) is 12.3 Å². The van der Waals surface area contributed by atoms with Gasteiger partial charge in [0, 0.05) is 19.0 Å². The van der Waals surface area contributed by atoms with E-state index in [0.717, 1.165) is 0 Å². The normalized spacial score (nSPS) is 39.9. The van der Waals surface area contributed by atoms with Gasteiger partial charge in [-0.1, -0.05) is 0 Å². The Balaban J connectivity index is 2.03. The lowest BCUT2D eigenvalue weighted by atomic mass is 9.61. The lowest BCUT2D eigenvalue weighted by molar-refractivity contribution is -0.170. The minimum Gasteiger partial charge on any atom is -0.481 e. The molecule has 24 heavy (non-hydrogen) atoms. The number of nitrogens with zero attached hydrogens (tertiary/aromatic N) is 1. The number of hydrogen-bond donors (Lipinski definition) is 4. The van der Waals surface area contributed by atoms with Crippen molar-refractivity contribution in [3.8, 4) is 0 Å². The minimum atomic E-state index is -4.98. The largest absolute Gasteiger partial charge is 0.481 e. The van der Waals surface area contributed by atoms with Gasteiger partial charge >= 0.3 is 16.4 Å². The summed E-state index contributed by atoms with van der Waals surface area (Å²) in [5.74, 6) is -4.39. The molecule has 2 bridgehead atoms. The first-order valence-corrected chi connectivity index (χ1v) is 8.85. The average molecular weight is 367 g/mol. The Hall–Kier alpha value is -1.34. The monoisotopic (exact) mass is 367 g/mol. The predicted molar refractivity (Wildman–Crippen MR) is 75.3 cm³/mol. The van der Waals surface area contributed by atoms with Crippen molar-refractivity contribution in [2.24, 2.45) is 17.3 Å². The van der Waals surface area contributed by atoms with Crippen LogP contribution < -0.4 is 10.6 Å². The molecule has 12 heteroatoms. The molecule has 1 amide bonds. The zero-order valence-electron chi connectivity index (χ0n) is 12.5. The minimum absolute atomic E-state index is 0.100. The number of fused-ring (bicyclic) bond motifs is 2. The second-order valence-corrected chi connectivity index (χ2v) is 7.31. The van der Waals surface area contributed by atoms with Crippen molar-refractivity contribution in [2.45, 2.75) is 25.2 Å². The lowest BCUT2D eigenvalue weighted by Gasteiger charge is -2.44. The number of rotatable bonds is 4. The molecule has 0 saturated carbocycles. The molecule has 3 aliphatic heterocycles. The van der Waals surface area contributed by atoms with Gasteiger partial charge in [-0.3, -0.25) is 19.5 Å². The van der Waals surface area contributed by atoms with Crippen LogP contribution in [0.1, 0.15) is 12.8 Å². The Morgan fingerprint density at radius 2 is 2.12 bits per heavy atom. The van der Waals surface area contributed by atoms with E-state index >= 15 is 0 Å². The highest BCUT2D eigenvalue weighted by molar-refractivity contribution is 7.80. The summed E-state index contributed by atoms with van der Waals surface area (Å²) in [6, 6.07) is 0. The molecule has 5 atom stereocenters. The third-order valence-electron chi connectivity index (χ3n) is 5.12. The molecule has 3 heterocycles. The molecular weight excluding hydrogens is 349 g/mol. The number of carbonyl (C=O) groups excluding carboxylic acids is 1. The molecule has 3 unspecified atom stereocenters. The van der Waals surface area contributed by atoms with Gasteiger partial charge in [-0.05, 0) is 19.4 Å². The summed E-state index contributed by atoms with van der Waals surface area (Å²) in [4.78, 5) is 24.5. The van der Waals surface area contributed by atoms with Crippen molar-refractivity contribution in [1.82, 2.24) is 15.7 Å².